The van der Waals surface area contributed by atoms with E-state index in [0.29, 0.717) is 22.9 Å². The summed E-state index contributed by atoms with van der Waals surface area (Å²) in [5, 5.41) is 0. The van der Waals surface area contributed by atoms with Crippen LogP contribution in [-0.4, -0.2) is 12.1 Å². The Balaban J connectivity index is 0.000000640. The first kappa shape index (κ1) is 20.9. The van der Waals surface area contributed by atoms with Crippen LogP contribution in [0.5, 0.6) is 17.2 Å². The van der Waals surface area contributed by atoms with Crippen molar-refractivity contribution in [3.63, 3.8) is 0 Å². The van der Waals surface area contributed by atoms with E-state index in [4.69, 9.17) is 15.2 Å². The van der Waals surface area contributed by atoms with Crippen molar-refractivity contribution >= 4 is 5.69 Å². The van der Waals surface area contributed by atoms with Crippen molar-refractivity contribution in [2.24, 2.45) is 0 Å². The molecule has 0 bridgehead atoms. The number of benzene rings is 2. The Bertz CT molecular complexity index is 923. The quantitative estimate of drug-likeness (QED) is 0.472. The number of rotatable bonds is 4. The molecular weight excluding hydrogens is 348 g/mol. The molecule has 0 amide bonds. The van der Waals surface area contributed by atoms with Crippen molar-refractivity contribution in [1.29, 1.82) is 0 Å². The van der Waals surface area contributed by atoms with E-state index in [0.717, 1.165) is 11.3 Å². The molecule has 0 saturated carbocycles. The van der Waals surface area contributed by atoms with Crippen molar-refractivity contribution in [3.8, 4) is 29.1 Å². The number of ether oxygens (including phenoxy) is 2. The normalized spacial score (nSPS) is 9.39. The lowest BCUT2D eigenvalue weighted by Gasteiger charge is -2.07. The van der Waals surface area contributed by atoms with E-state index in [2.05, 4.69) is 30.7 Å². The zero-order chi connectivity index (χ0) is 20.2. The number of hydrogen-bond acceptors (Lipinski definition) is 4. The molecule has 0 aliphatic heterocycles. The number of nitrogens with two attached hydrogens (primary N) is 1. The molecule has 0 atom stereocenters. The van der Waals surface area contributed by atoms with Crippen molar-refractivity contribution in [2.75, 3.05) is 12.8 Å². The van der Waals surface area contributed by atoms with E-state index in [1.807, 2.05) is 48.5 Å². The lowest BCUT2D eigenvalue weighted by atomic mass is 10.2. The van der Waals surface area contributed by atoms with Crippen molar-refractivity contribution < 1.29 is 9.47 Å². The zero-order valence-electron chi connectivity index (χ0n) is 16.6. The summed E-state index contributed by atoms with van der Waals surface area (Å²) in [5.74, 6) is 8.18. The summed E-state index contributed by atoms with van der Waals surface area (Å²) < 4.78 is 11.0. The van der Waals surface area contributed by atoms with Crippen LogP contribution >= 0.6 is 0 Å². The average molecular weight is 374 g/mol. The number of aromatic nitrogens is 1. The van der Waals surface area contributed by atoms with E-state index in [9.17, 15) is 0 Å². The molecule has 1 aromatic heterocycles. The highest BCUT2D eigenvalue weighted by Crippen LogP contribution is 2.25. The van der Waals surface area contributed by atoms with Crippen LogP contribution in [0.25, 0.3) is 0 Å². The molecule has 28 heavy (non-hydrogen) atoms. The van der Waals surface area contributed by atoms with Crippen LogP contribution in [0, 0.1) is 11.8 Å². The molecule has 3 aromatic rings. The second kappa shape index (κ2) is 11.3. The maximum atomic E-state index is 5.82. The van der Waals surface area contributed by atoms with E-state index >= 15 is 0 Å². The number of unbranched alkanes of at least 4 members (excludes halogenated alkanes) is 1. The van der Waals surface area contributed by atoms with E-state index in [1.165, 1.54) is 12.8 Å². The van der Waals surface area contributed by atoms with Gasteiger partial charge in [-0.3, -0.25) is 0 Å². The van der Waals surface area contributed by atoms with Crippen LogP contribution < -0.4 is 15.2 Å². The van der Waals surface area contributed by atoms with Gasteiger partial charge in [0.1, 0.15) is 22.9 Å². The molecular formula is C24H26N2O2. The fourth-order valence-corrected chi connectivity index (χ4v) is 2.05. The van der Waals surface area contributed by atoms with Gasteiger partial charge in [-0.1, -0.05) is 38.7 Å². The Hall–Kier alpha value is -3.45. The van der Waals surface area contributed by atoms with Gasteiger partial charge in [0.05, 0.1) is 7.11 Å². The van der Waals surface area contributed by atoms with E-state index in [1.54, 1.807) is 25.4 Å². The Morgan fingerprint density at radius 2 is 1.54 bits per heavy atom. The highest BCUT2D eigenvalue weighted by atomic mass is 16.5. The molecule has 0 aliphatic rings. The monoisotopic (exact) mass is 374 g/mol. The summed E-state index contributed by atoms with van der Waals surface area (Å²) in [4.78, 5) is 4.24. The lowest BCUT2D eigenvalue weighted by molar-refractivity contribution is 0.409. The molecule has 0 fully saturated rings. The standard InChI is InChI=1S/C20H16N2O2.C4H10/c1-23-18-3-2-4-19(14-18)24-20-11-12-22-17(13-20)10-7-15-5-8-16(21)9-6-15;1-3-4-2/h2-6,8-9,11-14H,21H2,1H3;3-4H2,1-2H3. The minimum absolute atomic E-state index is 0.632. The summed E-state index contributed by atoms with van der Waals surface area (Å²) in [6.07, 6.45) is 4.31. The van der Waals surface area contributed by atoms with Gasteiger partial charge in [-0.25, -0.2) is 4.98 Å². The summed E-state index contributed by atoms with van der Waals surface area (Å²) in [7, 11) is 1.62. The van der Waals surface area contributed by atoms with Gasteiger partial charge in [-0.15, -0.1) is 0 Å². The number of nitrogens with zero attached hydrogens (tertiary/aromatic N) is 1. The van der Waals surface area contributed by atoms with Crippen molar-refractivity contribution in [3.05, 3.63) is 78.1 Å². The third-order valence-corrected chi connectivity index (χ3v) is 3.75. The maximum absolute atomic E-state index is 5.82. The fraction of sp³-hybridized carbons (Fsp3) is 0.208. The largest absolute Gasteiger partial charge is 0.497 e. The zero-order valence-corrected chi connectivity index (χ0v) is 16.6. The third-order valence-electron chi connectivity index (χ3n) is 3.75. The predicted octanol–water partition coefficient (Wildman–Crippen LogP) is 5.67. The molecule has 1 heterocycles. The lowest BCUT2D eigenvalue weighted by Crippen LogP contribution is -1.89. The van der Waals surface area contributed by atoms with Crippen LogP contribution in [0.2, 0.25) is 0 Å². The third kappa shape index (κ3) is 7.05. The Labute approximate surface area is 167 Å². The number of hydrogen-bond donors (Lipinski definition) is 1. The Morgan fingerprint density at radius 1 is 0.857 bits per heavy atom. The molecule has 2 N–H and O–H groups in total. The minimum Gasteiger partial charge on any atom is -0.497 e. The summed E-state index contributed by atoms with van der Waals surface area (Å²) in [6, 6.07) is 18.4. The summed E-state index contributed by atoms with van der Waals surface area (Å²) in [5.41, 5.74) is 7.89. The van der Waals surface area contributed by atoms with Crippen LogP contribution in [-0.2, 0) is 0 Å². The van der Waals surface area contributed by atoms with Gasteiger partial charge in [0.2, 0.25) is 0 Å². The minimum atomic E-state index is 0.632. The maximum Gasteiger partial charge on any atom is 0.131 e. The smallest absolute Gasteiger partial charge is 0.131 e. The van der Waals surface area contributed by atoms with Gasteiger partial charge < -0.3 is 15.2 Å². The van der Waals surface area contributed by atoms with Gasteiger partial charge in [0.25, 0.3) is 0 Å². The van der Waals surface area contributed by atoms with Gasteiger partial charge >= 0.3 is 0 Å². The molecule has 2 aromatic carbocycles. The van der Waals surface area contributed by atoms with Crippen molar-refractivity contribution in [2.45, 2.75) is 26.7 Å². The molecule has 0 aliphatic carbocycles. The molecule has 0 spiro atoms. The molecule has 144 valence electrons. The Kier molecular flexibility index (Phi) is 8.42. The molecule has 0 unspecified atom stereocenters. The van der Waals surface area contributed by atoms with Gasteiger partial charge in [0, 0.05) is 29.6 Å². The highest BCUT2D eigenvalue weighted by Gasteiger charge is 2.00. The van der Waals surface area contributed by atoms with Gasteiger partial charge in [-0.2, -0.15) is 0 Å². The molecule has 0 saturated heterocycles. The first-order valence-corrected chi connectivity index (χ1v) is 9.30. The van der Waals surface area contributed by atoms with Gasteiger partial charge in [0.15, 0.2) is 0 Å². The molecule has 3 rings (SSSR count). The topological polar surface area (TPSA) is 57.4 Å². The predicted molar refractivity (Wildman–Crippen MR) is 115 cm³/mol. The SMILES string of the molecule is CCCC.COc1cccc(Oc2ccnc(C#Cc3ccc(N)cc3)c2)c1. The van der Waals surface area contributed by atoms with Crippen molar-refractivity contribution in [1.82, 2.24) is 4.98 Å². The van der Waals surface area contributed by atoms with E-state index < -0.39 is 0 Å². The number of pyridine rings is 1. The van der Waals surface area contributed by atoms with Crippen LogP contribution in [0.15, 0.2) is 66.9 Å². The van der Waals surface area contributed by atoms with E-state index in [-0.39, 0.29) is 0 Å². The Morgan fingerprint density at radius 3 is 2.21 bits per heavy atom. The second-order valence-corrected chi connectivity index (χ2v) is 6.03. The van der Waals surface area contributed by atoms with Crippen LogP contribution in [0.4, 0.5) is 5.69 Å². The van der Waals surface area contributed by atoms with Crippen LogP contribution in [0.1, 0.15) is 37.9 Å². The molecule has 0 radical (unpaired) electrons. The second-order valence-electron chi connectivity index (χ2n) is 6.03. The number of anilines is 1. The first-order chi connectivity index (χ1) is 13.6. The summed E-state index contributed by atoms with van der Waals surface area (Å²) in [6.45, 7) is 4.36. The first-order valence-electron chi connectivity index (χ1n) is 9.30. The number of methoxy groups -OCH3 is 1. The average Bonchev–Trinajstić information content (AvgIpc) is 2.74. The highest BCUT2D eigenvalue weighted by molar-refractivity contribution is 5.47. The van der Waals surface area contributed by atoms with Gasteiger partial charge in [-0.05, 0) is 48.4 Å². The fourth-order valence-electron chi connectivity index (χ4n) is 2.05. The van der Waals surface area contributed by atoms with Crippen LogP contribution in [0.3, 0.4) is 0 Å². The number of nitrogen functional groups attached to an aromatic ring is 1. The molecule has 4 heteroatoms. The molecule has 4 nitrogen and oxygen atoms in total. The summed E-state index contributed by atoms with van der Waals surface area (Å²) >= 11 is 0.